The van der Waals surface area contributed by atoms with Gasteiger partial charge in [-0.3, -0.25) is 4.79 Å². The van der Waals surface area contributed by atoms with Gasteiger partial charge >= 0.3 is 0 Å². The smallest absolute Gasteiger partial charge is 0.251 e. The van der Waals surface area contributed by atoms with E-state index in [0.717, 1.165) is 29.7 Å². The van der Waals surface area contributed by atoms with Crippen LogP contribution in [0.3, 0.4) is 0 Å². The number of amides is 1. The Balaban J connectivity index is 1.48. The van der Waals surface area contributed by atoms with E-state index in [2.05, 4.69) is 20.9 Å². The van der Waals surface area contributed by atoms with Gasteiger partial charge in [-0.1, -0.05) is 12.1 Å². The van der Waals surface area contributed by atoms with Crippen LogP contribution in [0.2, 0.25) is 0 Å². The molecule has 1 heterocycles. The third kappa shape index (κ3) is 3.74. The SMILES string of the molecule is CCOc1ccc(C(=O)NCCCn2cnc3ccccc32)cc1. The first-order valence-corrected chi connectivity index (χ1v) is 8.19. The van der Waals surface area contributed by atoms with Gasteiger partial charge in [0.15, 0.2) is 0 Å². The van der Waals surface area contributed by atoms with Crippen LogP contribution in [-0.2, 0) is 6.54 Å². The largest absolute Gasteiger partial charge is 0.494 e. The van der Waals surface area contributed by atoms with Crippen LogP contribution in [-0.4, -0.2) is 28.6 Å². The van der Waals surface area contributed by atoms with Crippen LogP contribution in [0.25, 0.3) is 11.0 Å². The maximum atomic E-state index is 12.1. The Morgan fingerprint density at radius 3 is 2.75 bits per heavy atom. The summed E-state index contributed by atoms with van der Waals surface area (Å²) in [4.78, 5) is 16.5. The predicted molar refractivity (Wildman–Crippen MR) is 94.3 cm³/mol. The van der Waals surface area contributed by atoms with Gasteiger partial charge in [-0.15, -0.1) is 0 Å². The number of para-hydroxylation sites is 2. The molecule has 1 N–H and O–H groups in total. The Morgan fingerprint density at radius 2 is 1.96 bits per heavy atom. The lowest BCUT2D eigenvalue weighted by atomic mass is 10.2. The van der Waals surface area contributed by atoms with Crippen molar-refractivity contribution in [3.05, 3.63) is 60.4 Å². The number of aromatic nitrogens is 2. The van der Waals surface area contributed by atoms with Gasteiger partial charge in [-0.25, -0.2) is 4.98 Å². The van der Waals surface area contributed by atoms with Gasteiger partial charge < -0.3 is 14.6 Å². The van der Waals surface area contributed by atoms with Crippen LogP contribution in [0.5, 0.6) is 5.75 Å². The van der Waals surface area contributed by atoms with E-state index in [-0.39, 0.29) is 5.91 Å². The molecule has 0 atom stereocenters. The number of nitrogens with one attached hydrogen (secondary N) is 1. The van der Waals surface area contributed by atoms with Gasteiger partial charge in [0.2, 0.25) is 0 Å². The van der Waals surface area contributed by atoms with Gasteiger partial charge in [0.05, 0.1) is 24.0 Å². The van der Waals surface area contributed by atoms with Crippen LogP contribution in [0, 0.1) is 0 Å². The van der Waals surface area contributed by atoms with E-state index in [4.69, 9.17) is 4.74 Å². The molecule has 0 saturated carbocycles. The number of nitrogens with zero attached hydrogens (tertiary/aromatic N) is 2. The van der Waals surface area contributed by atoms with Gasteiger partial charge in [0.25, 0.3) is 5.91 Å². The van der Waals surface area contributed by atoms with E-state index < -0.39 is 0 Å². The summed E-state index contributed by atoms with van der Waals surface area (Å²) in [6, 6.07) is 15.2. The van der Waals surface area contributed by atoms with Crippen molar-refractivity contribution >= 4 is 16.9 Å². The molecule has 2 aromatic carbocycles. The number of benzene rings is 2. The zero-order chi connectivity index (χ0) is 16.8. The second kappa shape index (κ2) is 7.64. The molecule has 0 unspecified atom stereocenters. The number of hydrogen-bond acceptors (Lipinski definition) is 3. The fourth-order valence-corrected chi connectivity index (χ4v) is 2.61. The first-order valence-electron chi connectivity index (χ1n) is 8.19. The van der Waals surface area contributed by atoms with Crippen LogP contribution >= 0.6 is 0 Å². The van der Waals surface area contributed by atoms with Gasteiger partial charge in [0, 0.05) is 18.7 Å². The van der Waals surface area contributed by atoms with E-state index in [9.17, 15) is 4.79 Å². The molecule has 0 saturated heterocycles. The molecule has 0 bridgehead atoms. The van der Waals surface area contributed by atoms with Crippen molar-refractivity contribution in [2.75, 3.05) is 13.2 Å². The Hall–Kier alpha value is -2.82. The molecule has 0 spiro atoms. The number of aryl methyl sites for hydroxylation is 1. The van der Waals surface area contributed by atoms with Crippen molar-refractivity contribution in [3.8, 4) is 5.75 Å². The van der Waals surface area contributed by atoms with Gasteiger partial charge in [-0.2, -0.15) is 0 Å². The average Bonchev–Trinajstić information content (AvgIpc) is 3.03. The number of carbonyl (C=O) groups is 1. The first kappa shape index (κ1) is 16.1. The number of carbonyl (C=O) groups excluding carboxylic acids is 1. The summed E-state index contributed by atoms with van der Waals surface area (Å²) in [7, 11) is 0. The van der Waals surface area contributed by atoms with Crippen LogP contribution in [0.1, 0.15) is 23.7 Å². The van der Waals surface area contributed by atoms with E-state index >= 15 is 0 Å². The summed E-state index contributed by atoms with van der Waals surface area (Å²) < 4.78 is 7.48. The van der Waals surface area contributed by atoms with Crippen molar-refractivity contribution in [1.82, 2.24) is 14.9 Å². The third-order valence-electron chi connectivity index (χ3n) is 3.82. The lowest BCUT2D eigenvalue weighted by molar-refractivity contribution is 0.0952. The summed E-state index contributed by atoms with van der Waals surface area (Å²) in [6.45, 7) is 4.00. The standard InChI is InChI=1S/C19H21N3O2/c1-2-24-16-10-8-15(9-11-16)19(23)20-12-5-13-22-14-21-17-6-3-4-7-18(17)22/h3-4,6-11,14H,2,5,12-13H2,1H3,(H,20,23). The molecule has 3 rings (SSSR count). The highest BCUT2D eigenvalue weighted by Crippen LogP contribution is 2.13. The Bertz CT molecular complexity index is 809. The molecule has 5 heteroatoms. The monoisotopic (exact) mass is 323 g/mol. The summed E-state index contributed by atoms with van der Waals surface area (Å²) in [6.07, 6.45) is 2.70. The molecule has 0 fully saturated rings. The zero-order valence-electron chi connectivity index (χ0n) is 13.7. The van der Waals surface area contributed by atoms with E-state index in [1.54, 1.807) is 12.1 Å². The van der Waals surface area contributed by atoms with E-state index in [0.29, 0.717) is 18.7 Å². The Kier molecular flexibility index (Phi) is 5.11. The molecule has 24 heavy (non-hydrogen) atoms. The fraction of sp³-hybridized carbons (Fsp3) is 0.263. The molecule has 1 amide bonds. The van der Waals surface area contributed by atoms with Crippen molar-refractivity contribution < 1.29 is 9.53 Å². The quantitative estimate of drug-likeness (QED) is 0.679. The summed E-state index contributed by atoms with van der Waals surface area (Å²) in [5.41, 5.74) is 2.76. The number of rotatable bonds is 7. The summed E-state index contributed by atoms with van der Waals surface area (Å²) >= 11 is 0. The molecule has 0 aliphatic rings. The highest BCUT2D eigenvalue weighted by Gasteiger charge is 2.05. The first-order chi connectivity index (χ1) is 11.8. The topological polar surface area (TPSA) is 56.1 Å². The summed E-state index contributed by atoms with van der Waals surface area (Å²) in [5.74, 6) is 0.717. The molecular weight excluding hydrogens is 302 g/mol. The fourth-order valence-electron chi connectivity index (χ4n) is 2.61. The van der Waals surface area contributed by atoms with Crippen molar-refractivity contribution in [2.24, 2.45) is 0 Å². The normalized spacial score (nSPS) is 10.7. The van der Waals surface area contributed by atoms with Gasteiger partial charge in [-0.05, 0) is 49.7 Å². The minimum Gasteiger partial charge on any atom is -0.494 e. The van der Waals surface area contributed by atoms with E-state index in [1.807, 2.05) is 43.6 Å². The number of fused-ring (bicyclic) bond motifs is 1. The van der Waals surface area contributed by atoms with Crippen molar-refractivity contribution in [1.29, 1.82) is 0 Å². The molecular formula is C19H21N3O2. The maximum absolute atomic E-state index is 12.1. The Labute approximate surface area is 141 Å². The number of imidazole rings is 1. The molecule has 0 aliphatic carbocycles. The third-order valence-corrected chi connectivity index (χ3v) is 3.82. The Morgan fingerprint density at radius 1 is 1.17 bits per heavy atom. The highest BCUT2D eigenvalue weighted by molar-refractivity contribution is 5.94. The van der Waals surface area contributed by atoms with Crippen molar-refractivity contribution in [2.45, 2.75) is 19.9 Å². The second-order valence-electron chi connectivity index (χ2n) is 5.49. The lowest BCUT2D eigenvalue weighted by Gasteiger charge is -2.08. The predicted octanol–water partition coefficient (Wildman–Crippen LogP) is 3.26. The number of hydrogen-bond donors (Lipinski definition) is 1. The molecule has 5 nitrogen and oxygen atoms in total. The van der Waals surface area contributed by atoms with Gasteiger partial charge in [0.1, 0.15) is 5.75 Å². The zero-order valence-corrected chi connectivity index (χ0v) is 13.7. The molecule has 124 valence electrons. The summed E-state index contributed by atoms with van der Waals surface area (Å²) in [5, 5.41) is 2.95. The van der Waals surface area contributed by atoms with Crippen LogP contribution in [0.4, 0.5) is 0 Å². The minimum atomic E-state index is -0.0615. The highest BCUT2D eigenvalue weighted by atomic mass is 16.5. The van der Waals surface area contributed by atoms with Crippen LogP contribution < -0.4 is 10.1 Å². The molecule has 0 aliphatic heterocycles. The average molecular weight is 323 g/mol. The minimum absolute atomic E-state index is 0.0615. The molecule has 3 aromatic rings. The lowest BCUT2D eigenvalue weighted by Crippen LogP contribution is -2.25. The molecule has 1 aromatic heterocycles. The second-order valence-corrected chi connectivity index (χ2v) is 5.49. The van der Waals surface area contributed by atoms with Crippen LogP contribution in [0.15, 0.2) is 54.9 Å². The molecule has 0 radical (unpaired) electrons. The van der Waals surface area contributed by atoms with Crippen molar-refractivity contribution in [3.63, 3.8) is 0 Å². The van der Waals surface area contributed by atoms with E-state index in [1.165, 1.54) is 0 Å². The number of ether oxygens (including phenoxy) is 1. The maximum Gasteiger partial charge on any atom is 0.251 e.